The molecular formula is C102H102Na6O24S6. The Bertz CT molecular complexity index is 5540. The molecular weight excluding hydrogens is 1940 g/mol. The van der Waals surface area contributed by atoms with Crippen LogP contribution in [0.3, 0.4) is 0 Å². The SMILES string of the molecule is O=S(=O)([O-])CCCCOc1c2cc(-c3ccccc3)cc1Cc1cc(-c3ccccc3)cc(c1OCCCCS(=O)(=O)[O-])Cc1cc(-c3ccccc3)cc(c1OCCCCS(=O)(=O)[O-])Cc1cc(-c3ccccc3)cc(c1OCCCCS(=O)(=O)[O-])Cc1cc(-c3ccccc3)cc(c1OCCCCS(=O)(=O)[O-])Cc1cc(-c3ccccc3)cc(c1OCCCCS(=O)(=O)[O-])C2.[Na+].[Na+].[Na+].[Na+].[Na+].[Na+]. The Morgan fingerprint density at radius 2 is 0.275 bits per heavy atom. The van der Waals surface area contributed by atoms with E-state index < -0.39 is 95.2 Å². The summed E-state index contributed by atoms with van der Waals surface area (Å²) in [5.41, 5.74) is 15.7. The van der Waals surface area contributed by atoms with Crippen molar-refractivity contribution < 1.29 is 284 Å². The normalized spacial score (nSPS) is 12.2. The topological polar surface area (TPSA) is 399 Å². The summed E-state index contributed by atoms with van der Waals surface area (Å²) in [5.74, 6) is -2.07. The van der Waals surface area contributed by atoms with Crippen LogP contribution in [0.15, 0.2) is 255 Å². The third-order valence-electron chi connectivity index (χ3n) is 22.6. The zero-order valence-electron chi connectivity index (χ0n) is 78.7. The van der Waals surface area contributed by atoms with Crippen LogP contribution in [0.4, 0.5) is 0 Å². The second-order valence-corrected chi connectivity index (χ2v) is 42.0. The molecule has 696 valence electrons. The van der Waals surface area contributed by atoms with Crippen LogP contribution in [0, 0.1) is 0 Å². The van der Waals surface area contributed by atoms with Crippen LogP contribution in [0.2, 0.25) is 0 Å². The van der Waals surface area contributed by atoms with E-state index in [-0.39, 0.29) is 333 Å². The van der Waals surface area contributed by atoms with Crippen LogP contribution in [0.5, 0.6) is 34.5 Å². The van der Waals surface area contributed by atoms with Gasteiger partial charge in [0.15, 0.2) is 0 Å². The molecule has 0 fully saturated rings. The van der Waals surface area contributed by atoms with E-state index in [2.05, 4.69) is 0 Å². The number of rotatable bonds is 42. The molecule has 138 heavy (non-hydrogen) atoms. The van der Waals surface area contributed by atoms with E-state index in [9.17, 15) is 77.8 Å². The molecule has 0 N–H and O–H groups in total. The first-order valence-corrected chi connectivity index (χ1v) is 53.3. The number of fused-ring (bicyclic) bond motifs is 12. The summed E-state index contributed by atoms with van der Waals surface area (Å²) < 4.78 is 265. The summed E-state index contributed by atoms with van der Waals surface area (Å²) in [7, 11) is -28.1. The van der Waals surface area contributed by atoms with Crippen molar-refractivity contribution in [3.8, 4) is 101 Å². The number of hydrogen-bond donors (Lipinski definition) is 0. The van der Waals surface area contributed by atoms with Gasteiger partial charge in [0.25, 0.3) is 0 Å². The molecule has 13 rings (SSSR count). The van der Waals surface area contributed by atoms with Gasteiger partial charge in [-0.05, 0) is 283 Å². The fourth-order valence-electron chi connectivity index (χ4n) is 16.6. The molecule has 1 aliphatic carbocycles. The molecule has 36 heteroatoms. The maximum Gasteiger partial charge on any atom is 1.00 e. The second-order valence-electron chi connectivity index (χ2n) is 32.9. The first-order chi connectivity index (χ1) is 63.2. The molecule has 0 spiro atoms. The Hall–Kier alpha value is -5.10. The minimum atomic E-state index is -4.69. The maximum absolute atomic E-state index is 12.3. The van der Waals surface area contributed by atoms with E-state index in [1.54, 1.807) is 0 Å². The largest absolute Gasteiger partial charge is 1.00 e. The molecule has 0 amide bonds. The summed E-state index contributed by atoms with van der Waals surface area (Å²) in [6.45, 7) is -0.704. The molecule has 0 saturated heterocycles. The van der Waals surface area contributed by atoms with E-state index >= 15 is 0 Å². The maximum atomic E-state index is 12.3. The van der Waals surface area contributed by atoms with Gasteiger partial charge in [-0.25, -0.2) is 50.5 Å². The minimum absolute atomic E-state index is 0. The van der Waals surface area contributed by atoms with Crippen molar-refractivity contribution in [2.24, 2.45) is 0 Å². The van der Waals surface area contributed by atoms with Crippen molar-refractivity contribution in [3.63, 3.8) is 0 Å². The van der Waals surface area contributed by atoms with Crippen LogP contribution >= 0.6 is 0 Å². The van der Waals surface area contributed by atoms with Gasteiger partial charge in [-0.2, -0.15) is 0 Å². The van der Waals surface area contributed by atoms with Crippen molar-refractivity contribution in [3.05, 3.63) is 322 Å². The molecule has 0 heterocycles. The van der Waals surface area contributed by atoms with E-state index in [0.29, 0.717) is 135 Å². The Morgan fingerprint density at radius 1 is 0.167 bits per heavy atom. The molecule has 0 aliphatic heterocycles. The molecule has 12 bridgehead atoms. The third kappa shape index (κ3) is 38.1. The van der Waals surface area contributed by atoms with Crippen molar-refractivity contribution in [2.75, 3.05) is 74.2 Å². The quantitative estimate of drug-likeness (QED) is 0.0271. The molecule has 12 aromatic carbocycles. The van der Waals surface area contributed by atoms with Crippen LogP contribution in [0.1, 0.15) is 144 Å². The van der Waals surface area contributed by atoms with Crippen molar-refractivity contribution >= 4 is 60.7 Å². The van der Waals surface area contributed by atoms with Gasteiger partial charge in [0.05, 0.1) is 100 Å². The average molecular weight is 2040 g/mol. The second kappa shape index (κ2) is 57.1. The van der Waals surface area contributed by atoms with Crippen molar-refractivity contribution in [2.45, 2.75) is 116 Å². The molecule has 0 unspecified atom stereocenters. The molecule has 0 saturated carbocycles. The van der Waals surface area contributed by atoms with Gasteiger partial charge in [0, 0.05) is 73.0 Å². The van der Waals surface area contributed by atoms with E-state index in [1.165, 1.54) is 0 Å². The predicted octanol–water partition coefficient (Wildman–Crippen LogP) is -0.204. The molecule has 24 nitrogen and oxygen atoms in total. The fraction of sp³-hybridized carbons (Fsp3) is 0.294. The van der Waals surface area contributed by atoms with Gasteiger partial charge in [-0.15, -0.1) is 0 Å². The van der Waals surface area contributed by atoms with E-state index in [4.69, 9.17) is 28.4 Å². The van der Waals surface area contributed by atoms with Gasteiger partial charge in [-0.3, -0.25) is 0 Å². The number of unbranched alkanes of at least 4 members (excludes halogenated alkanes) is 6. The van der Waals surface area contributed by atoms with Gasteiger partial charge < -0.3 is 55.7 Å². The van der Waals surface area contributed by atoms with Gasteiger partial charge >= 0.3 is 177 Å². The van der Waals surface area contributed by atoms with E-state index in [1.807, 2.05) is 255 Å². The minimum Gasteiger partial charge on any atom is -0.748 e. The fourth-order valence-corrected chi connectivity index (χ4v) is 19.9. The Kier molecular flexibility index (Phi) is 49.6. The molecule has 1 aliphatic rings. The molecule has 0 atom stereocenters. The summed E-state index contributed by atoms with van der Waals surface area (Å²) in [6, 6.07) is 81.5. The van der Waals surface area contributed by atoms with Gasteiger partial charge in [-0.1, -0.05) is 182 Å². The number of hydrogen-bond acceptors (Lipinski definition) is 24. The van der Waals surface area contributed by atoms with Gasteiger partial charge in [0.1, 0.15) is 34.5 Å². The van der Waals surface area contributed by atoms with E-state index in [0.717, 1.165) is 33.4 Å². The summed E-state index contributed by atoms with van der Waals surface area (Å²) >= 11 is 0. The van der Waals surface area contributed by atoms with Crippen LogP contribution in [0.25, 0.3) is 66.8 Å². The van der Waals surface area contributed by atoms with Crippen LogP contribution in [-0.4, -0.2) is 152 Å². The van der Waals surface area contributed by atoms with Crippen molar-refractivity contribution in [1.29, 1.82) is 0 Å². The number of benzene rings is 12. The smallest absolute Gasteiger partial charge is 0.748 e. The zero-order chi connectivity index (χ0) is 93.5. The average Bonchev–Trinajstić information content (AvgIpc) is 0.763. The third-order valence-corrected chi connectivity index (χ3v) is 27.3. The Balaban J connectivity index is 0.00000432. The Labute approximate surface area is 944 Å². The molecule has 12 aromatic rings. The summed E-state index contributed by atoms with van der Waals surface area (Å²) in [6.07, 6.45) is 0.0510. The molecule has 0 aromatic heterocycles. The standard InChI is InChI=1S/C102H108O24S6.6Na/c103-127(104,105)49-25-19-43-121-97-85-55-79(73-31-7-1-8-32-73)56-86(97)68-88-58-81(75-35-11-3-12-36-75)60-90(99(88)123-45-21-27-51-129(109,110)111)70-92-62-83(77-39-15-5-16-40-77)64-94(101(92)125-47-23-29-53-131(115,116)117)72-96-66-84(78-41-17-6-18-42-78)65-95(102(96)126-48-24-30-54-132(118,119)120)71-93-63-82(76-37-13-4-14-38-76)61-91(100(93)124-46-22-28-52-130(112,113)114)69-89-59-80(74-33-9-2-10-34-74)57-87(67-85)98(89)122-44-20-26-50-128(106,107)108;;;;;;/h1-18,31-42,55-66H,19-30,43-54,67-72H2,(H,103,104,105)(H,106,107,108)(H,109,110,111)(H,112,113,114)(H,115,116,117)(H,118,119,120);;;;;;/q;6*+1/p-6. The summed E-state index contributed by atoms with van der Waals surface area (Å²) in [4.78, 5) is 0. The molecule has 0 radical (unpaired) electrons. The summed E-state index contributed by atoms with van der Waals surface area (Å²) in [5, 5.41) is 0. The first kappa shape index (κ1) is 120. The predicted molar refractivity (Wildman–Crippen MR) is 504 cm³/mol. The Morgan fingerprint density at radius 3 is 0.377 bits per heavy atom. The van der Waals surface area contributed by atoms with Crippen LogP contribution in [-0.2, 0) is 99.2 Å². The van der Waals surface area contributed by atoms with Crippen LogP contribution < -0.4 is 206 Å². The zero-order valence-corrected chi connectivity index (χ0v) is 95.6. The first-order valence-electron chi connectivity index (χ1n) is 43.8. The monoisotopic (exact) mass is 2040 g/mol. The number of ether oxygens (including phenoxy) is 6. The van der Waals surface area contributed by atoms with Crippen molar-refractivity contribution in [1.82, 2.24) is 0 Å². The van der Waals surface area contributed by atoms with Gasteiger partial charge in [0.2, 0.25) is 0 Å².